The van der Waals surface area contributed by atoms with Gasteiger partial charge in [0.15, 0.2) is 0 Å². The van der Waals surface area contributed by atoms with Gasteiger partial charge in [-0.25, -0.2) is 0 Å². The summed E-state index contributed by atoms with van der Waals surface area (Å²) in [5.41, 5.74) is 13.1. The van der Waals surface area contributed by atoms with Crippen molar-refractivity contribution in [2.75, 3.05) is 16.0 Å². The topological polar surface area (TPSA) is 36.1 Å². The predicted molar refractivity (Wildman–Crippen MR) is 270 cm³/mol. The summed E-state index contributed by atoms with van der Waals surface area (Å²) in [5, 5.41) is 11.9. The molecule has 0 aliphatic heterocycles. The Kier molecular flexibility index (Phi) is 19.6. The molecule has 0 aliphatic rings. The van der Waals surface area contributed by atoms with E-state index in [1.807, 2.05) is 0 Å². The van der Waals surface area contributed by atoms with E-state index < -0.39 is 0 Å². The SMILES string of the molecule is CCCCCCC(Nc1ccc(Cc2ccc(NC(CCCCCC)c3ccccc3)c(Cc3ccc(NC(CCCCCC)c4ccccc4)cc3)c2)cc1)c1ccccc1. The zero-order chi connectivity index (χ0) is 43.0. The molecule has 0 heterocycles. The average Bonchev–Trinajstić information content (AvgIpc) is 3.32. The molecule has 326 valence electrons. The molecule has 0 amide bonds. The number of benzene rings is 6. The van der Waals surface area contributed by atoms with E-state index in [0.717, 1.165) is 32.1 Å². The fraction of sp³-hybridized carbons (Fsp3) is 0.390. The fourth-order valence-electron chi connectivity index (χ4n) is 8.88. The fourth-order valence-corrected chi connectivity index (χ4v) is 8.88. The van der Waals surface area contributed by atoms with Crippen LogP contribution in [0.3, 0.4) is 0 Å². The second-order valence-corrected chi connectivity index (χ2v) is 17.6. The molecule has 62 heavy (non-hydrogen) atoms. The zero-order valence-corrected chi connectivity index (χ0v) is 38.3. The Balaban J connectivity index is 1.20. The van der Waals surface area contributed by atoms with Crippen molar-refractivity contribution in [1.82, 2.24) is 0 Å². The maximum Gasteiger partial charge on any atom is 0.0513 e. The van der Waals surface area contributed by atoms with E-state index in [9.17, 15) is 0 Å². The number of anilines is 3. The molecule has 3 atom stereocenters. The molecule has 0 fully saturated rings. The number of unbranched alkanes of at least 4 members (excludes halogenated alkanes) is 9. The van der Waals surface area contributed by atoms with Gasteiger partial charge in [0.25, 0.3) is 0 Å². The molecule has 0 saturated carbocycles. The molecule has 0 spiro atoms. The Labute approximate surface area is 376 Å². The van der Waals surface area contributed by atoms with E-state index in [4.69, 9.17) is 0 Å². The standard InChI is InChI=1S/C59H75N3/c1-4-7-10-22-31-56(50-25-16-13-17-26-50)60-54-39-34-47(35-40-54)44-49-38-43-59(62-58(33-24-12-9-6-3)52-29-20-15-21-30-52)53(46-49)45-48-36-41-55(42-37-48)61-57(32-23-11-8-5-2)51-27-18-14-19-28-51/h13-21,25-30,34-43,46,56-58,60-62H,4-12,22-24,31-33,44-45H2,1-3H3. The van der Waals surface area contributed by atoms with Gasteiger partial charge >= 0.3 is 0 Å². The highest BCUT2D eigenvalue weighted by atomic mass is 14.9. The van der Waals surface area contributed by atoms with Gasteiger partial charge in [0, 0.05) is 17.1 Å². The van der Waals surface area contributed by atoms with Crippen LogP contribution in [-0.2, 0) is 12.8 Å². The lowest BCUT2D eigenvalue weighted by Gasteiger charge is -2.24. The largest absolute Gasteiger partial charge is 0.378 e. The summed E-state index contributed by atoms with van der Waals surface area (Å²) < 4.78 is 0. The summed E-state index contributed by atoms with van der Waals surface area (Å²) >= 11 is 0. The number of rotatable bonds is 28. The van der Waals surface area contributed by atoms with Crippen molar-refractivity contribution in [2.24, 2.45) is 0 Å². The molecule has 3 N–H and O–H groups in total. The van der Waals surface area contributed by atoms with Crippen LogP contribution in [0.1, 0.15) is 174 Å². The molecule has 0 aromatic heterocycles. The third-order valence-electron chi connectivity index (χ3n) is 12.5. The van der Waals surface area contributed by atoms with Gasteiger partial charge in [0.2, 0.25) is 0 Å². The molecule has 0 bridgehead atoms. The number of hydrogen-bond donors (Lipinski definition) is 3. The minimum absolute atomic E-state index is 0.267. The van der Waals surface area contributed by atoms with Crippen LogP contribution in [0.5, 0.6) is 0 Å². The minimum Gasteiger partial charge on any atom is -0.378 e. The van der Waals surface area contributed by atoms with Gasteiger partial charge in [-0.1, -0.05) is 225 Å². The maximum absolute atomic E-state index is 4.08. The Morgan fingerprint density at radius 2 is 0.710 bits per heavy atom. The highest BCUT2D eigenvalue weighted by molar-refractivity contribution is 5.57. The molecule has 0 radical (unpaired) electrons. The normalized spacial score (nSPS) is 12.7. The first kappa shape index (κ1) is 46.2. The Hall–Kier alpha value is -5.28. The quantitative estimate of drug-likeness (QED) is 0.0431. The third-order valence-corrected chi connectivity index (χ3v) is 12.5. The van der Waals surface area contributed by atoms with Gasteiger partial charge in [-0.3, -0.25) is 0 Å². The van der Waals surface area contributed by atoms with Crippen LogP contribution < -0.4 is 16.0 Å². The van der Waals surface area contributed by atoms with Crippen LogP contribution in [0.15, 0.2) is 158 Å². The first-order valence-electron chi connectivity index (χ1n) is 24.4. The summed E-state index contributed by atoms with van der Waals surface area (Å²) in [4.78, 5) is 0. The van der Waals surface area contributed by atoms with Crippen LogP contribution in [-0.4, -0.2) is 0 Å². The van der Waals surface area contributed by atoms with Gasteiger partial charge < -0.3 is 16.0 Å². The van der Waals surface area contributed by atoms with Gasteiger partial charge in [-0.2, -0.15) is 0 Å². The van der Waals surface area contributed by atoms with Crippen LogP contribution in [0.2, 0.25) is 0 Å². The number of hydrogen-bond acceptors (Lipinski definition) is 3. The number of nitrogens with one attached hydrogen (secondary N) is 3. The summed E-state index contributed by atoms with van der Waals surface area (Å²) in [6.45, 7) is 6.87. The highest BCUT2D eigenvalue weighted by Gasteiger charge is 2.16. The second-order valence-electron chi connectivity index (χ2n) is 17.6. The molecular weight excluding hydrogens is 751 g/mol. The first-order chi connectivity index (χ1) is 30.6. The molecule has 6 rings (SSSR count). The Morgan fingerprint density at radius 3 is 1.11 bits per heavy atom. The summed E-state index contributed by atoms with van der Waals surface area (Å²) in [6, 6.07) is 59.5. The minimum atomic E-state index is 0.267. The van der Waals surface area contributed by atoms with E-state index in [2.05, 4.69) is 194 Å². The molecule has 6 aromatic carbocycles. The first-order valence-corrected chi connectivity index (χ1v) is 24.4. The van der Waals surface area contributed by atoms with E-state index in [1.165, 1.54) is 133 Å². The highest BCUT2D eigenvalue weighted by Crippen LogP contribution is 2.32. The second kappa shape index (κ2) is 26.3. The molecule has 6 aromatic rings. The van der Waals surface area contributed by atoms with E-state index in [-0.39, 0.29) is 6.04 Å². The van der Waals surface area contributed by atoms with Crippen molar-refractivity contribution in [3.8, 4) is 0 Å². The van der Waals surface area contributed by atoms with Crippen molar-refractivity contribution in [2.45, 2.75) is 148 Å². The van der Waals surface area contributed by atoms with Crippen molar-refractivity contribution in [3.05, 3.63) is 197 Å². The van der Waals surface area contributed by atoms with E-state index >= 15 is 0 Å². The van der Waals surface area contributed by atoms with Gasteiger partial charge in [-0.05, 0) is 101 Å². The predicted octanol–water partition coefficient (Wildman–Crippen LogP) is 17.2. The van der Waals surface area contributed by atoms with Gasteiger partial charge in [-0.15, -0.1) is 0 Å². The van der Waals surface area contributed by atoms with Gasteiger partial charge in [0.05, 0.1) is 18.1 Å². The maximum atomic E-state index is 4.08. The van der Waals surface area contributed by atoms with Crippen LogP contribution >= 0.6 is 0 Å². The molecule has 3 unspecified atom stereocenters. The lowest BCUT2D eigenvalue weighted by Crippen LogP contribution is -2.13. The Bertz CT molecular complexity index is 2080. The third kappa shape index (κ3) is 15.3. The molecule has 3 heteroatoms. The van der Waals surface area contributed by atoms with E-state index in [0.29, 0.717) is 12.1 Å². The monoisotopic (exact) mass is 826 g/mol. The van der Waals surface area contributed by atoms with Crippen molar-refractivity contribution in [3.63, 3.8) is 0 Å². The summed E-state index contributed by atoms with van der Waals surface area (Å²) in [6.07, 6.45) is 20.4. The lowest BCUT2D eigenvalue weighted by molar-refractivity contribution is 0.586. The van der Waals surface area contributed by atoms with Crippen LogP contribution in [0, 0.1) is 0 Å². The van der Waals surface area contributed by atoms with Crippen molar-refractivity contribution in [1.29, 1.82) is 0 Å². The van der Waals surface area contributed by atoms with E-state index in [1.54, 1.807) is 0 Å². The summed E-state index contributed by atoms with van der Waals surface area (Å²) in [7, 11) is 0. The zero-order valence-electron chi connectivity index (χ0n) is 38.3. The van der Waals surface area contributed by atoms with Crippen LogP contribution in [0.4, 0.5) is 17.1 Å². The van der Waals surface area contributed by atoms with Crippen molar-refractivity contribution < 1.29 is 0 Å². The molecule has 0 saturated heterocycles. The molecule has 0 aliphatic carbocycles. The van der Waals surface area contributed by atoms with Crippen molar-refractivity contribution >= 4 is 17.1 Å². The molecular formula is C59H75N3. The lowest BCUT2D eigenvalue weighted by atomic mass is 9.95. The van der Waals surface area contributed by atoms with Crippen LogP contribution in [0.25, 0.3) is 0 Å². The smallest absolute Gasteiger partial charge is 0.0513 e. The Morgan fingerprint density at radius 1 is 0.339 bits per heavy atom. The molecule has 3 nitrogen and oxygen atoms in total. The average molecular weight is 826 g/mol. The van der Waals surface area contributed by atoms with Gasteiger partial charge in [0.1, 0.15) is 0 Å². The summed E-state index contributed by atoms with van der Waals surface area (Å²) in [5.74, 6) is 0.